The zero-order valence-corrected chi connectivity index (χ0v) is 7.88. The molecule has 3 nitrogen and oxygen atoms in total. The van der Waals surface area contributed by atoms with Crippen LogP contribution in [0.3, 0.4) is 0 Å². The second kappa shape index (κ2) is 3.22. The molecular formula is C10H12FNO2. The van der Waals surface area contributed by atoms with E-state index in [1.807, 2.05) is 0 Å². The van der Waals surface area contributed by atoms with Crippen molar-refractivity contribution in [1.82, 2.24) is 5.32 Å². The Morgan fingerprint density at radius 2 is 2.21 bits per heavy atom. The first-order chi connectivity index (χ1) is 6.67. The summed E-state index contributed by atoms with van der Waals surface area (Å²) < 4.78 is 18.5. The van der Waals surface area contributed by atoms with E-state index < -0.39 is 11.4 Å². The number of methoxy groups -OCH3 is 1. The number of halogens is 1. The molecule has 0 atom stereocenters. The van der Waals surface area contributed by atoms with Crippen LogP contribution in [0, 0.1) is 5.82 Å². The van der Waals surface area contributed by atoms with E-state index in [0.29, 0.717) is 18.7 Å². The largest absolute Gasteiger partial charge is 0.494 e. The third kappa shape index (κ3) is 1.27. The van der Waals surface area contributed by atoms with Crippen molar-refractivity contribution < 1.29 is 14.2 Å². The maximum Gasteiger partial charge on any atom is 0.171 e. The van der Waals surface area contributed by atoms with Crippen molar-refractivity contribution in [3.63, 3.8) is 0 Å². The first-order valence-electron chi connectivity index (χ1n) is 4.43. The third-order valence-electron chi connectivity index (χ3n) is 2.52. The van der Waals surface area contributed by atoms with Crippen molar-refractivity contribution in [2.45, 2.75) is 5.60 Å². The zero-order chi connectivity index (χ0) is 10.2. The topological polar surface area (TPSA) is 41.5 Å². The molecular weight excluding hydrogens is 185 g/mol. The van der Waals surface area contributed by atoms with Crippen LogP contribution in [-0.2, 0) is 5.60 Å². The van der Waals surface area contributed by atoms with E-state index in [1.54, 1.807) is 12.1 Å². The summed E-state index contributed by atoms with van der Waals surface area (Å²) in [5.74, 6) is -0.304. The molecule has 1 aliphatic rings. The molecule has 0 radical (unpaired) electrons. The number of nitrogens with one attached hydrogen (secondary N) is 1. The van der Waals surface area contributed by atoms with Crippen LogP contribution in [0.5, 0.6) is 5.75 Å². The Morgan fingerprint density at radius 1 is 1.50 bits per heavy atom. The number of hydrogen-bond acceptors (Lipinski definition) is 3. The molecule has 0 bridgehead atoms. The molecule has 1 aromatic rings. The van der Waals surface area contributed by atoms with Crippen molar-refractivity contribution in [3.05, 3.63) is 29.6 Å². The fraction of sp³-hybridized carbons (Fsp3) is 0.400. The van der Waals surface area contributed by atoms with Crippen molar-refractivity contribution in [3.8, 4) is 5.75 Å². The molecule has 0 aliphatic carbocycles. The molecule has 0 aromatic heterocycles. The highest BCUT2D eigenvalue weighted by atomic mass is 19.1. The van der Waals surface area contributed by atoms with E-state index in [0.717, 1.165) is 0 Å². The van der Waals surface area contributed by atoms with E-state index in [4.69, 9.17) is 4.74 Å². The summed E-state index contributed by atoms with van der Waals surface area (Å²) in [4.78, 5) is 0. The van der Waals surface area contributed by atoms with Crippen LogP contribution >= 0.6 is 0 Å². The molecule has 1 saturated heterocycles. The summed E-state index contributed by atoms with van der Waals surface area (Å²) in [5.41, 5.74) is -0.769. The molecule has 1 aromatic carbocycles. The predicted molar refractivity (Wildman–Crippen MR) is 49.7 cm³/mol. The van der Waals surface area contributed by atoms with Crippen LogP contribution in [0.15, 0.2) is 18.2 Å². The Labute approximate surface area is 81.5 Å². The van der Waals surface area contributed by atoms with Gasteiger partial charge in [-0.2, -0.15) is 0 Å². The van der Waals surface area contributed by atoms with E-state index in [-0.39, 0.29) is 5.75 Å². The molecule has 1 fully saturated rings. The second-order valence-electron chi connectivity index (χ2n) is 3.46. The number of benzene rings is 1. The molecule has 0 spiro atoms. The van der Waals surface area contributed by atoms with Gasteiger partial charge in [-0.3, -0.25) is 0 Å². The molecule has 1 heterocycles. The van der Waals surface area contributed by atoms with E-state index in [1.165, 1.54) is 13.2 Å². The van der Waals surface area contributed by atoms with Gasteiger partial charge in [0.2, 0.25) is 0 Å². The van der Waals surface area contributed by atoms with Crippen molar-refractivity contribution in [2.75, 3.05) is 20.2 Å². The van der Waals surface area contributed by atoms with Gasteiger partial charge in [-0.1, -0.05) is 12.1 Å². The fourth-order valence-corrected chi connectivity index (χ4v) is 1.58. The van der Waals surface area contributed by atoms with Crippen LogP contribution in [0.2, 0.25) is 0 Å². The summed E-state index contributed by atoms with van der Waals surface area (Å²) in [6, 6.07) is 4.79. The quantitative estimate of drug-likeness (QED) is 0.730. The number of β-amino-alcohol motifs (C(OH)–C–C–N with tert-alkyl or cyclic N) is 1. The predicted octanol–water partition coefficient (Wildman–Crippen LogP) is 0.625. The van der Waals surface area contributed by atoms with E-state index in [9.17, 15) is 9.50 Å². The first kappa shape index (κ1) is 9.43. The van der Waals surface area contributed by atoms with Crippen LogP contribution in [0.25, 0.3) is 0 Å². The minimum atomic E-state index is -1.07. The standard InChI is InChI=1S/C10H12FNO2/c1-14-8-4-2-3-7(9(8)11)10(13)5-12-6-10/h2-4,12-13H,5-6H2,1H3. The second-order valence-corrected chi connectivity index (χ2v) is 3.46. The molecule has 2 N–H and O–H groups in total. The maximum absolute atomic E-state index is 13.7. The van der Waals surface area contributed by atoms with Gasteiger partial charge < -0.3 is 15.2 Å². The van der Waals surface area contributed by atoms with E-state index >= 15 is 0 Å². The van der Waals surface area contributed by atoms with Gasteiger partial charge in [0.1, 0.15) is 5.60 Å². The highest BCUT2D eigenvalue weighted by molar-refractivity contribution is 5.36. The van der Waals surface area contributed by atoms with Crippen molar-refractivity contribution in [2.24, 2.45) is 0 Å². The number of hydrogen-bond donors (Lipinski definition) is 2. The monoisotopic (exact) mass is 197 g/mol. The fourth-order valence-electron chi connectivity index (χ4n) is 1.58. The Hall–Kier alpha value is -1.13. The number of ether oxygens (including phenoxy) is 1. The summed E-state index contributed by atoms with van der Waals surface area (Å²) >= 11 is 0. The third-order valence-corrected chi connectivity index (χ3v) is 2.52. The highest BCUT2D eigenvalue weighted by Gasteiger charge is 2.39. The van der Waals surface area contributed by atoms with Crippen LogP contribution < -0.4 is 10.1 Å². The SMILES string of the molecule is COc1cccc(C2(O)CNC2)c1F. The molecule has 76 valence electrons. The van der Waals surface area contributed by atoms with Crippen LogP contribution in [0.4, 0.5) is 4.39 Å². The Balaban J connectivity index is 2.43. The summed E-state index contributed by atoms with van der Waals surface area (Å²) in [7, 11) is 1.41. The lowest BCUT2D eigenvalue weighted by Crippen LogP contribution is -2.57. The Morgan fingerprint density at radius 3 is 2.71 bits per heavy atom. The smallest absolute Gasteiger partial charge is 0.171 e. The first-order valence-corrected chi connectivity index (χ1v) is 4.43. The van der Waals surface area contributed by atoms with Gasteiger partial charge in [0.25, 0.3) is 0 Å². The van der Waals surface area contributed by atoms with Gasteiger partial charge >= 0.3 is 0 Å². The summed E-state index contributed by atoms with van der Waals surface area (Å²) in [5, 5.41) is 12.8. The van der Waals surface area contributed by atoms with E-state index in [2.05, 4.69) is 5.32 Å². The molecule has 1 aliphatic heterocycles. The summed E-state index contributed by atoms with van der Waals surface area (Å²) in [6.45, 7) is 0.772. The molecule has 2 rings (SSSR count). The minimum absolute atomic E-state index is 0.169. The normalized spacial score (nSPS) is 18.8. The van der Waals surface area contributed by atoms with Crippen molar-refractivity contribution in [1.29, 1.82) is 0 Å². The van der Waals surface area contributed by atoms with Gasteiger partial charge in [0.15, 0.2) is 11.6 Å². The van der Waals surface area contributed by atoms with Gasteiger partial charge in [0, 0.05) is 18.7 Å². The van der Waals surface area contributed by atoms with Gasteiger partial charge in [-0.15, -0.1) is 0 Å². The lowest BCUT2D eigenvalue weighted by atomic mass is 9.88. The lowest BCUT2D eigenvalue weighted by molar-refractivity contribution is -0.0179. The number of aliphatic hydroxyl groups is 1. The van der Waals surface area contributed by atoms with Crippen molar-refractivity contribution >= 4 is 0 Å². The molecule has 0 unspecified atom stereocenters. The van der Waals surface area contributed by atoms with Crippen LogP contribution in [-0.4, -0.2) is 25.3 Å². The molecule has 14 heavy (non-hydrogen) atoms. The van der Waals surface area contributed by atoms with Gasteiger partial charge in [0.05, 0.1) is 7.11 Å². The van der Waals surface area contributed by atoms with Gasteiger partial charge in [-0.25, -0.2) is 4.39 Å². The number of rotatable bonds is 2. The lowest BCUT2D eigenvalue weighted by Gasteiger charge is -2.38. The Bertz CT molecular complexity index is 350. The molecule has 0 amide bonds. The summed E-state index contributed by atoms with van der Waals surface area (Å²) in [6.07, 6.45) is 0. The van der Waals surface area contributed by atoms with Crippen LogP contribution in [0.1, 0.15) is 5.56 Å². The molecule has 4 heteroatoms. The Kier molecular flexibility index (Phi) is 2.17. The highest BCUT2D eigenvalue weighted by Crippen LogP contribution is 2.31. The molecule has 0 saturated carbocycles. The van der Waals surface area contributed by atoms with Gasteiger partial charge in [-0.05, 0) is 6.07 Å². The maximum atomic E-state index is 13.7. The average Bonchev–Trinajstić information content (AvgIpc) is 2.15. The zero-order valence-electron chi connectivity index (χ0n) is 7.88. The minimum Gasteiger partial charge on any atom is -0.494 e. The average molecular weight is 197 g/mol.